The highest BCUT2D eigenvalue weighted by atomic mass is 19.1. The van der Waals surface area contributed by atoms with Crippen LogP contribution in [0.4, 0.5) is 9.18 Å². The van der Waals surface area contributed by atoms with Gasteiger partial charge in [0, 0.05) is 36.5 Å². The molecular formula is C31H34FN5O2. The molecule has 7 nitrogen and oxygen atoms in total. The number of halogens is 1. The zero-order valence-electron chi connectivity index (χ0n) is 22.6. The molecule has 0 saturated carbocycles. The Morgan fingerprint density at radius 1 is 1.00 bits per heavy atom. The second-order valence-electron chi connectivity index (χ2n) is 11.0. The normalized spacial score (nSPS) is 17.7. The molecule has 39 heavy (non-hydrogen) atoms. The highest BCUT2D eigenvalue weighted by Crippen LogP contribution is 2.35. The van der Waals surface area contributed by atoms with E-state index in [9.17, 15) is 9.18 Å². The smallest absolute Gasteiger partial charge is 0.410 e. The Morgan fingerprint density at radius 3 is 2.41 bits per heavy atom. The summed E-state index contributed by atoms with van der Waals surface area (Å²) in [7, 11) is 0. The van der Waals surface area contributed by atoms with Crippen molar-refractivity contribution in [2.75, 3.05) is 6.54 Å². The van der Waals surface area contributed by atoms with Crippen LogP contribution >= 0.6 is 0 Å². The Balaban J connectivity index is 1.45. The van der Waals surface area contributed by atoms with Crippen molar-refractivity contribution in [3.8, 4) is 17.2 Å². The third kappa shape index (κ3) is 6.50. The average Bonchev–Trinajstić information content (AvgIpc) is 3.38. The lowest BCUT2D eigenvalue weighted by atomic mass is 9.87. The van der Waals surface area contributed by atoms with Crippen molar-refractivity contribution < 1.29 is 13.9 Å². The minimum Gasteiger partial charge on any atom is -0.444 e. The summed E-state index contributed by atoms with van der Waals surface area (Å²) in [5, 5.41) is 4.81. The number of aryl methyl sites for hydroxylation is 1. The number of carbonyl (C=O) groups is 1. The first-order valence-electron chi connectivity index (χ1n) is 13.4. The molecule has 0 N–H and O–H groups in total. The number of hydrogen-bond acceptors (Lipinski definition) is 5. The van der Waals surface area contributed by atoms with Gasteiger partial charge in [0.2, 0.25) is 0 Å². The maximum atomic E-state index is 13.6. The number of benzene rings is 2. The van der Waals surface area contributed by atoms with E-state index >= 15 is 0 Å². The van der Waals surface area contributed by atoms with Crippen LogP contribution < -0.4 is 0 Å². The average molecular weight is 528 g/mol. The van der Waals surface area contributed by atoms with Gasteiger partial charge in [-0.3, -0.25) is 0 Å². The van der Waals surface area contributed by atoms with Gasteiger partial charge in [0.25, 0.3) is 5.95 Å². The zero-order valence-corrected chi connectivity index (χ0v) is 22.6. The molecular weight excluding hydrogens is 493 g/mol. The van der Waals surface area contributed by atoms with Crippen molar-refractivity contribution in [3.63, 3.8) is 0 Å². The number of ether oxygens (including phenoxy) is 1. The first kappa shape index (κ1) is 26.5. The van der Waals surface area contributed by atoms with E-state index in [0.717, 1.165) is 36.9 Å². The lowest BCUT2D eigenvalue weighted by Gasteiger charge is -2.40. The van der Waals surface area contributed by atoms with Crippen molar-refractivity contribution in [2.45, 2.75) is 64.0 Å². The van der Waals surface area contributed by atoms with Gasteiger partial charge in [-0.15, -0.1) is 0 Å². The summed E-state index contributed by atoms with van der Waals surface area (Å²) in [5.74, 6) is 0.151. The van der Waals surface area contributed by atoms with Gasteiger partial charge in [-0.05, 0) is 88.4 Å². The fourth-order valence-corrected chi connectivity index (χ4v) is 5.10. The molecule has 2 atom stereocenters. The van der Waals surface area contributed by atoms with Crippen molar-refractivity contribution >= 4 is 6.09 Å². The third-order valence-electron chi connectivity index (χ3n) is 6.98. The van der Waals surface area contributed by atoms with Crippen molar-refractivity contribution in [1.29, 1.82) is 0 Å². The first-order chi connectivity index (χ1) is 18.8. The Bertz CT molecular complexity index is 1380. The molecule has 0 aliphatic carbocycles. The van der Waals surface area contributed by atoms with Crippen LogP contribution in [0.1, 0.15) is 57.2 Å². The fraction of sp³-hybridized carbons (Fsp3) is 0.355. The third-order valence-corrected chi connectivity index (χ3v) is 6.98. The Labute approximate surface area is 228 Å². The quantitative estimate of drug-likeness (QED) is 0.283. The van der Waals surface area contributed by atoms with Crippen LogP contribution in [0.25, 0.3) is 17.2 Å². The number of piperidine rings is 1. The summed E-state index contributed by atoms with van der Waals surface area (Å²) in [4.78, 5) is 24.2. The van der Waals surface area contributed by atoms with Crippen LogP contribution in [0.3, 0.4) is 0 Å². The fourth-order valence-electron chi connectivity index (χ4n) is 5.10. The van der Waals surface area contributed by atoms with E-state index in [0.29, 0.717) is 18.2 Å². The molecule has 1 fully saturated rings. The predicted molar refractivity (Wildman–Crippen MR) is 148 cm³/mol. The predicted octanol–water partition coefficient (Wildman–Crippen LogP) is 6.58. The van der Waals surface area contributed by atoms with E-state index in [1.165, 1.54) is 17.7 Å². The lowest BCUT2D eigenvalue weighted by molar-refractivity contribution is 0.00610. The van der Waals surface area contributed by atoms with E-state index in [1.54, 1.807) is 35.3 Å². The van der Waals surface area contributed by atoms with Crippen LogP contribution in [0, 0.1) is 5.82 Å². The number of likely N-dealkylation sites (tertiary alicyclic amines) is 1. The molecule has 1 saturated heterocycles. The Morgan fingerprint density at radius 2 is 1.72 bits per heavy atom. The van der Waals surface area contributed by atoms with E-state index < -0.39 is 5.60 Å². The van der Waals surface area contributed by atoms with E-state index in [4.69, 9.17) is 9.84 Å². The molecule has 202 valence electrons. The summed E-state index contributed by atoms with van der Waals surface area (Å²) in [6, 6.07) is 20.5. The molecule has 1 aliphatic rings. The van der Waals surface area contributed by atoms with E-state index in [-0.39, 0.29) is 23.9 Å². The van der Waals surface area contributed by atoms with Gasteiger partial charge in [0.05, 0.1) is 11.4 Å². The molecule has 1 amide bonds. The maximum absolute atomic E-state index is 13.6. The largest absolute Gasteiger partial charge is 0.444 e. The number of hydrogen-bond donors (Lipinski definition) is 0. The summed E-state index contributed by atoms with van der Waals surface area (Å²) in [6.45, 7) is 6.17. The molecule has 0 spiro atoms. The molecule has 2 aromatic heterocycles. The molecule has 4 aromatic rings. The summed E-state index contributed by atoms with van der Waals surface area (Å²) in [5.41, 5.74) is 3.08. The highest BCUT2D eigenvalue weighted by molar-refractivity contribution is 5.69. The van der Waals surface area contributed by atoms with E-state index in [1.807, 2.05) is 49.9 Å². The first-order valence-corrected chi connectivity index (χ1v) is 13.4. The van der Waals surface area contributed by atoms with Crippen molar-refractivity contribution in [1.82, 2.24) is 24.6 Å². The molecule has 2 aromatic carbocycles. The Hall–Kier alpha value is -4.07. The van der Waals surface area contributed by atoms with Crippen molar-refractivity contribution in [3.05, 3.63) is 96.2 Å². The van der Waals surface area contributed by atoms with Crippen LogP contribution in [0.5, 0.6) is 0 Å². The van der Waals surface area contributed by atoms with Gasteiger partial charge in [-0.25, -0.2) is 23.8 Å². The summed E-state index contributed by atoms with van der Waals surface area (Å²) in [6.07, 6.45) is 6.52. The minimum absolute atomic E-state index is 0.00371. The second-order valence-corrected chi connectivity index (χ2v) is 11.0. The number of nitrogens with zero attached hydrogens (tertiary/aromatic N) is 5. The molecule has 0 unspecified atom stereocenters. The second kappa shape index (κ2) is 11.4. The van der Waals surface area contributed by atoms with E-state index in [2.05, 4.69) is 22.1 Å². The number of rotatable bonds is 6. The monoisotopic (exact) mass is 527 g/mol. The zero-order chi connectivity index (χ0) is 27.4. The summed E-state index contributed by atoms with van der Waals surface area (Å²) >= 11 is 0. The number of amides is 1. The molecule has 0 radical (unpaired) electrons. The molecule has 1 aliphatic heterocycles. The van der Waals surface area contributed by atoms with Crippen LogP contribution in [-0.4, -0.2) is 48.9 Å². The van der Waals surface area contributed by atoms with Gasteiger partial charge in [0.1, 0.15) is 11.4 Å². The van der Waals surface area contributed by atoms with Crippen molar-refractivity contribution in [2.24, 2.45) is 0 Å². The highest BCUT2D eigenvalue weighted by Gasteiger charge is 2.36. The van der Waals surface area contributed by atoms with Gasteiger partial charge in [0.15, 0.2) is 0 Å². The minimum atomic E-state index is -0.594. The molecule has 3 heterocycles. The maximum Gasteiger partial charge on any atom is 0.410 e. The molecule has 8 heteroatoms. The lowest BCUT2D eigenvalue weighted by Crippen LogP contribution is -2.48. The van der Waals surface area contributed by atoms with Gasteiger partial charge >= 0.3 is 6.09 Å². The molecule has 0 bridgehead atoms. The van der Waals surface area contributed by atoms with Gasteiger partial charge in [-0.1, -0.05) is 30.3 Å². The SMILES string of the molecule is CC(C)(C)OC(=O)N1C[C@H](c2cc(-c3ccc(F)cc3)nn2-c2ncccn2)CC[C@@H]1CCc1ccccc1. The topological polar surface area (TPSA) is 73.1 Å². The van der Waals surface area contributed by atoms with Crippen LogP contribution in [-0.2, 0) is 11.2 Å². The van der Waals surface area contributed by atoms with Crippen LogP contribution in [0.15, 0.2) is 79.1 Å². The standard InChI is InChI=1S/C31H34FN5O2/c1-31(2,3)39-30(38)36-21-24(13-17-26(36)16-10-22-8-5-4-6-9-22)28-20-27(23-11-14-25(32)15-12-23)35-37(28)29-33-18-7-19-34-29/h4-9,11-12,14-15,18-20,24,26H,10,13,16-17,21H2,1-3H3/t24-,26+/m1/s1. The molecule has 5 rings (SSSR count). The number of carbonyl (C=O) groups excluding carboxylic acids is 1. The van der Waals surface area contributed by atoms with Gasteiger partial charge in [-0.2, -0.15) is 5.10 Å². The summed E-state index contributed by atoms with van der Waals surface area (Å²) < 4.78 is 21.2. The van der Waals surface area contributed by atoms with Crippen LogP contribution in [0.2, 0.25) is 0 Å². The Kier molecular flexibility index (Phi) is 7.72. The van der Waals surface area contributed by atoms with Gasteiger partial charge < -0.3 is 9.64 Å². The number of aromatic nitrogens is 4.